The molecule has 2 saturated carbocycles. The van der Waals surface area contributed by atoms with Crippen LogP contribution >= 0.6 is 0 Å². The zero-order valence-corrected chi connectivity index (χ0v) is 16.8. The first-order chi connectivity index (χ1) is 11.7. The molecule has 4 nitrogen and oxygen atoms in total. The van der Waals surface area contributed by atoms with E-state index < -0.39 is 0 Å². The van der Waals surface area contributed by atoms with Crippen LogP contribution in [0, 0.1) is 29.1 Å². The molecule has 0 aliphatic heterocycles. The third kappa shape index (κ3) is 4.38. The lowest BCUT2D eigenvalue weighted by atomic mass is 9.50. The lowest BCUT2D eigenvalue weighted by Gasteiger charge is -2.57. The van der Waals surface area contributed by atoms with Crippen molar-refractivity contribution in [2.75, 3.05) is 0 Å². The minimum Gasteiger partial charge on any atom is -0.463 e. The molecular formula is C21H36O4. The van der Waals surface area contributed by atoms with E-state index in [2.05, 4.69) is 27.7 Å². The molecular weight excluding hydrogens is 316 g/mol. The molecule has 4 heteroatoms. The van der Waals surface area contributed by atoms with E-state index in [4.69, 9.17) is 9.47 Å². The van der Waals surface area contributed by atoms with Crippen LogP contribution in [-0.2, 0) is 19.1 Å². The molecule has 0 saturated heterocycles. The highest BCUT2D eigenvalue weighted by Gasteiger charge is 2.54. The highest BCUT2D eigenvalue weighted by Crippen LogP contribution is 2.57. The van der Waals surface area contributed by atoms with Crippen molar-refractivity contribution in [2.45, 2.75) is 92.3 Å². The number of hydrogen-bond acceptors (Lipinski definition) is 4. The van der Waals surface area contributed by atoms with Crippen LogP contribution in [-0.4, -0.2) is 24.1 Å². The predicted molar refractivity (Wildman–Crippen MR) is 97.9 cm³/mol. The minimum absolute atomic E-state index is 0.0109. The quantitative estimate of drug-likeness (QED) is 0.670. The summed E-state index contributed by atoms with van der Waals surface area (Å²) in [5, 5.41) is 0. The summed E-state index contributed by atoms with van der Waals surface area (Å²) >= 11 is 0. The third-order valence-corrected chi connectivity index (χ3v) is 7.10. The molecule has 7 atom stereocenters. The molecule has 0 spiro atoms. The van der Waals surface area contributed by atoms with Crippen LogP contribution in [0.5, 0.6) is 0 Å². The maximum Gasteiger partial charge on any atom is 0.302 e. The largest absolute Gasteiger partial charge is 0.463 e. The van der Waals surface area contributed by atoms with E-state index >= 15 is 0 Å². The smallest absolute Gasteiger partial charge is 0.302 e. The third-order valence-electron chi connectivity index (χ3n) is 7.10. The molecule has 2 rings (SSSR count). The lowest BCUT2D eigenvalue weighted by molar-refractivity contribution is -0.176. The fourth-order valence-corrected chi connectivity index (χ4v) is 5.73. The van der Waals surface area contributed by atoms with Crippen molar-refractivity contribution in [1.82, 2.24) is 0 Å². The Labute approximate surface area is 153 Å². The van der Waals surface area contributed by atoms with Gasteiger partial charge in [0.15, 0.2) is 0 Å². The summed E-state index contributed by atoms with van der Waals surface area (Å²) in [6.45, 7) is 12.3. The van der Waals surface area contributed by atoms with E-state index in [1.807, 2.05) is 0 Å². The number of esters is 2. The van der Waals surface area contributed by atoms with Crippen molar-refractivity contribution in [3.63, 3.8) is 0 Å². The Kier molecular flexibility index (Phi) is 6.56. The molecule has 0 N–H and O–H groups in total. The summed E-state index contributed by atoms with van der Waals surface area (Å²) in [4.78, 5) is 23.1. The van der Waals surface area contributed by atoms with Crippen LogP contribution in [0.15, 0.2) is 0 Å². The van der Waals surface area contributed by atoms with Gasteiger partial charge in [-0.25, -0.2) is 0 Å². The van der Waals surface area contributed by atoms with Gasteiger partial charge in [-0.3, -0.25) is 9.59 Å². The minimum atomic E-state index is -0.191. The molecule has 0 amide bonds. The SMILES string of the molecule is CCCC(C)[C@@H]1[C@H](OC(C)=O)C[C@@H]2C[C@H](OC(C)=O)CC[C@]2(C)[C@H]1C. The van der Waals surface area contributed by atoms with Gasteiger partial charge in [-0.15, -0.1) is 0 Å². The van der Waals surface area contributed by atoms with E-state index in [9.17, 15) is 9.59 Å². The fraction of sp³-hybridized carbons (Fsp3) is 0.905. The standard InChI is InChI=1S/C21H36O4/c1-7-8-13(2)20-14(3)21(6)10-9-18(24-15(4)22)11-17(21)12-19(20)25-16(5)23/h13-14,17-20H,7-12H2,1-6H3/t13?,14-,17-,18+,19+,20-,21+/m0/s1. The molecule has 0 aromatic carbocycles. The van der Waals surface area contributed by atoms with Gasteiger partial charge in [-0.05, 0) is 48.9 Å². The first-order valence-corrected chi connectivity index (χ1v) is 10.0. The summed E-state index contributed by atoms with van der Waals surface area (Å²) in [6.07, 6.45) is 6.16. The Bertz CT molecular complexity index is 488. The molecule has 0 aromatic heterocycles. The van der Waals surface area contributed by atoms with Gasteiger partial charge in [-0.2, -0.15) is 0 Å². The molecule has 0 radical (unpaired) electrons. The second-order valence-electron chi connectivity index (χ2n) is 8.72. The fourth-order valence-electron chi connectivity index (χ4n) is 5.73. The van der Waals surface area contributed by atoms with E-state index in [0.29, 0.717) is 23.7 Å². The van der Waals surface area contributed by atoms with Crippen LogP contribution in [0.1, 0.15) is 80.1 Å². The van der Waals surface area contributed by atoms with Crippen LogP contribution in [0.3, 0.4) is 0 Å². The van der Waals surface area contributed by atoms with Crippen molar-refractivity contribution in [1.29, 1.82) is 0 Å². The number of hydrogen-bond donors (Lipinski definition) is 0. The van der Waals surface area contributed by atoms with Gasteiger partial charge < -0.3 is 9.47 Å². The van der Waals surface area contributed by atoms with E-state index in [-0.39, 0.29) is 29.6 Å². The molecule has 1 unspecified atom stereocenters. The topological polar surface area (TPSA) is 52.6 Å². The van der Waals surface area contributed by atoms with Crippen LogP contribution in [0.25, 0.3) is 0 Å². The number of rotatable bonds is 5. The van der Waals surface area contributed by atoms with Gasteiger partial charge in [0, 0.05) is 19.8 Å². The van der Waals surface area contributed by atoms with Crippen molar-refractivity contribution in [3.05, 3.63) is 0 Å². The molecule has 0 bridgehead atoms. The second kappa shape index (κ2) is 8.09. The lowest BCUT2D eigenvalue weighted by Crippen LogP contribution is -2.54. The molecule has 2 aliphatic rings. The van der Waals surface area contributed by atoms with Crippen molar-refractivity contribution in [3.8, 4) is 0 Å². The Morgan fingerprint density at radius 2 is 1.80 bits per heavy atom. The van der Waals surface area contributed by atoms with Gasteiger partial charge >= 0.3 is 11.9 Å². The average Bonchev–Trinajstić information content (AvgIpc) is 2.49. The monoisotopic (exact) mass is 352 g/mol. The normalized spacial score (nSPS) is 39.2. The van der Waals surface area contributed by atoms with E-state index in [1.165, 1.54) is 20.3 Å². The summed E-state index contributed by atoms with van der Waals surface area (Å²) in [7, 11) is 0. The summed E-state index contributed by atoms with van der Waals surface area (Å²) in [5.41, 5.74) is 0.236. The maximum atomic E-state index is 11.7. The Morgan fingerprint density at radius 3 is 2.36 bits per heavy atom. The Hall–Kier alpha value is -1.06. The first kappa shape index (κ1) is 20.3. The van der Waals surface area contributed by atoms with Crippen LogP contribution < -0.4 is 0 Å². The van der Waals surface area contributed by atoms with Gasteiger partial charge in [0.1, 0.15) is 12.2 Å². The maximum absolute atomic E-state index is 11.7. The van der Waals surface area contributed by atoms with Crippen molar-refractivity contribution >= 4 is 11.9 Å². The number of fused-ring (bicyclic) bond motifs is 1. The predicted octanol–water partition coefficient (Wildman–Crippen LogP) is 4.75. The second-order valence-corrected chi connectivity index (χ2v) is 8.72. The van der Waals surface area contributed by atoms with Crippen molar-refractivity contribution in [2.24, 2.45) is 29.1 Å². The zero-order chi connectivity index (χ0) is 18.8. The number of ether oxygens (including phenoxy) is 2. The molecule has 25 heavy (non-hydrogen) atoms. The molecule has 0 aromatic rings. The Morgan fingerprint density at radius 1 is 1.16 bits per heavy atom. The van der Waals surface area contributed by atoms with Crippen LogP contribution in [0.4, 0.5) is 0 Å². The summed E-state index contributed by atoms with van der Waals surface area (Å²) < 4.78 is 11.3. The first-order valence-electron chi connectivity index (χ1n) is 10.0. The van der Waals surface area contributed by atoms with Gasteiger partial charge in [-0.1, -0.05) is 40.5 Å². The van der Waals surface area contributed by atoms with Crippen molar-refractivity contribution < 1.29 is 19.1 Å². The molecule has 2 fully saturated rings. The highest BCUT2D eigenvalue weighted by atomic mass is 16.5. The van der Waals surface area contributed by atoms with Gasteiger partial charge in [0.25, 0.3) is 0 Å². The highest BCUT2D eigenvalue weighted by molar-refractivity contribution is 5.66. The van der Waals surface area contributed by atoms with E-state index in [1.54, 1.807) is 0 Å². The zero-order valence-electron chi connectivity index (χ0n) is 16.8. The molecule has 144 valence electrons. The summed E-state index contributed by atoms with van der Waals surface area (Å²) in [5.74, 6) is 1.53. The number of carbonyl (C=O) groups excluding carboxylic acids is 2. The van der Waals surface area contributed by atoms with Crippen LogP contribution in [0.2, 0.25) is 0 Å². The Balaban J connectivity index is 2.23. The molecule has 2 aliphatic carbocycles. The van der Waals surface area contributed by atoms with Gasteiger partial charge in [0.05, 0.1) is 0 Å². The summed E-state index contributed by atoms with van der Waals surface area (Å²) in [6, 6.07) is 0. The molecule has 0 heterocycles. The van der Waals surface area contributed by atoms with E-state index in [0.717, 1.165) is 32.1 Å². The average molecular weight is 353 g/mol. The van der Waals surface area contributed by atoms with Gasteiger partial charge in [0.2, 0.25) is 0 Å². The number of carbonyl (C=O) groups is 2.